The van der Waals surface area contributed by atoms with Crippen LogP contribution in [0, 0.1) is 0 Å². The highest BCUT2D eigenvalue weighted by Crippen LogP contribution is 2.35. The van der Waals surface area contributed by atoms with E-state index in [2.05, 4.69) is 15.3 Å². The molecule has 6 heteroatoms. The molecule has 1 aliphatic heterocycles. The van der Waals surface area contributed by atoms with Gasteiger partial charge in [0.15, 0.2) is 11.5 Å². The highest BCUT2D eigenvalue weighted by Gasteiger charge is 2.16. The van der Waals surface area contributed by atoms with Crippen molar-refractivity contribution in [2.75, 3.05) is 12.1 Å². The van der Waals surface area contributed by atoms with Crippen LogP contribution in [0.25, 0.3) is 0 Å². The summed E-state index contributed by atoms with van der Waals surface area (Å²) in [6.45, 7) is 0.838. The third kappa shape index (κ3) is 2.17. The highest BCUT2D eigenvalue weighted by atomic mass is 35.5. The Morgan fingerprint density at radius 2 is 2.22 bits per heavy atom. The van der Waals surface area contributed by atoms with E-state index in [0.717, 1.165) is 17.1 Å². The van der Waals surface area contributed by atoms with E-state index in [0.29, 0.717) is 17.5 Å². The molecule has 0 bridgehead atoms. The van der Waals surface area contributed by atoms with Crippen LogP contribution >= 0.6 is 11.6 Å². The average Bonchev–Trinajstić information content (AvgIpc) is 2.85. The number of hydrogen-bond donors (Lipinski definition) is 1. The third-order valence-corrected chi connectivity index (χ3v) is 2.73. The molecule has 0 atom stereocenters. The first kappa shape index (κ1) is 11.1. The largest absolute Gasteiger partial charge is 0.454 e. The molecule has 0 amide bonds. The molecule has 92 valence electrons. The molecule has 0 saturated carbocycles. The van der Waals surface area contributed by atoms with Crippen LogP contribution in [-0.4, -0.2) is 16.8 Å². The second-order valence-corrected chi connectivity index (χ2v) is 4.12. The van der Waals surface area contributed by atoms with Gasteiger partial charge in [-0.2, -0.15) is 0 Å². The van der Waals surface area contributed by atoms with E-state index in [1.54, 1.807) is 6.20 Å². The van der Waals surface area contributed by atoms with Crippen LogP contribution in [0.15, 0.2) is 30.6 Å². The van der Waals surface area contributed by atoms with E-state index >= 15 is 0 Å². The molecule has 2 heterocycles. The van der Waals surface area contributed by atoms with Gasteiger partial charge in [0, 0.05) is 12.1 Å². The van der Waals surface area contributed by atoms with E-state index < -0.39 is 0 Å². The molecular weight excluding hydrogens is 254 g/mol. The summed E-state index contributed by atoms with van der Waals surface area (Å²) in [5.41, 5.74) is 1.01. The summed E-state index contributed by atoms with van der Waals surface area (Å²) in [5.74, 6) is 2.17. The average molecular weight is 264 g/mol. The molecule has 1 aromatic carbocycles. The Kier molecular flexibility index (Phi) is 2.90. The Morgan fingerprint density at radius 3 is 3.11 bits per heavy atom. The van der Waals surface area contributed by atoms with Gasteiger partial charge >= 0.3 is 0 Å². The quantitative estimate of drug-likeness (QED) is 0.922. The van der Waals surface area contributed by atoms with Crippen molar-refractivity contribution in [3.8, 4) is 11.5 Å². The molecule has 5 nitrogen and oxygen atoms in total. The Hall–Kier alpha value is -2.01. The van der Waals surface area contributed by atoms with Gasteiger partial charge in [0.05, 0.1) is 12.4 Å². The Balaban J connectivity index is 1.76. The smallest absolute Gasteiger partial charge is 0.231 e. The van der Waals surface area contributed by atoms with E-state index in [4.69, 9.17) is 21.1 Å². The van der Waals surface area contributed by atoms with Crippen molar-refractivity contribution in [3.63, 3.8) is 0 Å². The van der Waals surface area contributed by atoms with Crippen LogP contribution in [0.1, 0.15) is 5.56 Å². The van der Waals surface area contributed by atoms with Gasteiger partial charge in [0.1, 0.15) is 11.0 Å². The molecule has 0 aliphatic carbocycles. The van der Waals surface area contributed by atoms with Crippen molar-refractivity contribution >= 4 is 17.4 Å². The van der Waals surface area contributed by atoms with Crippen LogP contribution in [0.3, 0.4) is 0 Å². The lowest BCUT2D eigenvalue weighted by Crippen LogP contribution is -2.03. The first-order chi connectivity index (χ1) is 8.83. The molecule has 0 saturated heterocycles. The number of nitrogens with one attached hydrogen (secondary N) is 1. The topological polar surface area (TPSA) is 56.3 Å². The number of hydrogen-bond acceptors (Lipinski definition) is 5. The Bertz CT molecular complexity index is 577. The second-order valence-electron chi connectivity index (χ2n) is 3.73. The predicted octanol–water partition coefficient (Wildman–Crippen LogP) is 2.47. The lowest BCUT2D eigenvalue weighted by Gasteiger charge is -2.07. The summed E-state index contributed by atoms with van der Waals surface area (Å²) in [5, 5.41) is 3.50. The van der Waals surface area contributed by atoms with Crippen LogP contribution in [0.4, 0.5) is 5.82 Å². The molecule has 0 radical (unpaired) electrons. The predicted molar refractivity (Wildman–Crippen MR) is 66.9 cm³/mol. The van der Waals surface area contributed by atoms with Gasteiger partial charge in [-0.1, -0.05) is 23.7 Å². The van der Waals surface area contributed by atoms with E-state index in [9.17, 15) is 0 Å². The van der Waals surface area contributed by atoms with Gasteiger partial charge in [-0.3, -0.25) is 4.98 Å². The maximum atomic E-state index is 5.76. The van der Waals surface area contributed by atoms with Gasteiger partial charge in [0.2, 0.25) is 6.79 Å². The van der Waals surface area contributed by atoms with Gasteiger partial charge < -0.3 is 14.8 Å². The van der Waals surface area contributed by atoms with Gasteiger partial charge in [-0.25, -0.2) is 4.98 Å². The Morgan fingerprint density at radius 1 is 1.28 bits per heavy atom. The van der Waals surface area contributed by atoms with Crippen LogP contribution in [0.5, 0.6) is 11.5 Å². The summed E-state index contributed by atoms with van der Waals surface area (Å²) >= 11 is 5.76. The fourth-order valence-corrected chi connectivity index (χ4v) is 1.89. The number of anilines is 1. The minimum atomic E-state index is 0.267. The van der Waals surface area contributed by atoms with Crippen molar-refractivity contribution in [2.24, 2.45) is 0 Å². The number of ether oxygens (including phenoxy) is 2. The summed E-state index contributed by atoms with van der Waals surface area (Å²) in [4.78, 5) is 8.06. The van der Waals surface area contributed by atoms with E-state index in [1.165, 1.54) is 6.20 Å². The first-order valence-electron chi connectivity index (χ1n) is 5.42. The zero-order chi connectivity index (χ0) is 12.4. The van der Waals surface area contributed by atoms with E-state index in [1.807, 2.05) is 18.2 Å². The number of halogens is 1. The standard InChI is InChI=1S/C12H10ClN3O2/c13-10-5-14-6-11(16-10)15-4-8-2-1-3-9-12(8)18-7-17-9/h1-3,5-6H,4,7H2,(H,15,16). The van der Waals surface area contributed by atoms with Crippen LogP contribution < -0.4 is 14.8 Å². The Labute approximate surface area is 109 Å². The molecule has 0 fully saturated rings. The highest BCUT2D eigenvalue weighted by molar-refractivity contribution is 6.29. The molecule has 1 N–H and O–H groups in total. The van der Waals surface area contributed by atoms with Crippen LogP contribution in [0.2, 0.25) is 5.15 Å². The fraction of sp³-hybridized carbons (Fsp3) is 0.167. The summed E-state index contributed by atoms with van der Waals surface area (Å²) in [6, 6.07) is 5.78. The zero-order valence-corrected chi connectivity index (χ0v) is 10.1. The minimum Gasteiger partial charge on any atom is -0.454 e. The minimum absolute atomic E-state index is 0.267. The first-order valence-corrected chi connectivity index (χ1v) is 5.79. The maximum Gasteiger partial charge on any atom is 0.231 e. The second kappa shape index (κ2) is 4.70. The molecule has 0 unspecified atom stereocenters. The lowest BCUT2D eigenvalue weighted by atomic mass is 10.2. The molecule has 1 aromatic heterocycles. The van der Waals surface area contributed by atoms with Gasteiger partial charge in [0.25, 0.3) is 0 Å². The normalized spacial score (nSPS) is 12.5. The SMILES string of the molecule is Clc1cncc(NCc2cccc3c2OCO3)n1. The number of fused-ring (bicyclic) bond motifs is 1. The fourth-order valence-electron chi connectivity index (χ4n) is 1.74. The zero-order valence-electron chi connectivity index (χ0n) is 9.39. The van der Waals surface area contributed by atoms with Gasteiger partial charge in [-0.05, 0) is 6.07 Å². The van der Waals surface area contributed by atoms with Crippen molar-refractivity contribution in [3.05, 3.63) is 41.3 Å². The van der Waals surface area contributed by atoms with Crippen molar-refractivity contribution in [2.45, 2.75) is 6.54 Å². The number of rotatable bonds is 3. The monoisotopic (exact) mass is 263 g/mol. The molecular formula is C12H10ClN3O2. The summed E-state index contributed by atoms with van der Waals surface area (Å²) in [6.07, 6.45) is 3.11. The summed E-state index contributed by atoms with van der Waals surface area (Å²) in [7, 11) is 0. The van der Waals surface area contributed by atoms with Crippen molar-refractivity contribution in [1.82, 2.24) is 9.97 Å². The number of nitrogens with zero attached hydrogens (tertiary/aromatic N) is 2. The van der Waals surface area contributed by atoms with Crippen LogP contribution in [-0.2, 0) is 6.54 Å². The molecule has 18 heavy (non-hydrogen) atoms. The van der Waals surface area contributed by atoms with Gasteiger partial charge in [-0.15, -0.1) is 0 Å². The molecule has 0 spiro atoms. The number of benzene rings is 1. The lowest BCUT2D eigenvalue weighted by molar-refractivity contribution is 0.173. The van der Waals surface area contributed by atoms with E-state index in [-0.39, 0.29) is 6.79 Å². The number of aromatic nitrogens is 2. The third-order valence-electron chi connectivity index (χ3n) is 2.54. The summed E-state index contributed by atoms with van der Waals surface area (Å²) < 4.78 is 10.7. The molecule has 3 rings (SSSR count). The molecule has 2 aromatic rings. The maximum absolute atomic E-state index is 5.76. The number of para-hydroxylation sites is 1. The molecule has 1 aliphatic rings. The van der Waals surface area contributed by atoms with Crippen molar-refractivity contribution < 1.29 is 9.47 Å². The van der Waals surface area contributed by atoms with Crippen molar-refractivity contribution in [1.29, 1.82) is 0 Å².